The van der Waals surface area contributed by atoms with Crippen LogP contribution in [0.5, 0.6) is 0 Å². The fraction of sp³-hybridized carbons (Fsp3) is 0.190. The van der Waals surface area contributed by atoms with Crippen LogP contribution in [0.2, 0.25) is 0 Å². The van der Waals surface area contributed by atoms with Gasteiger partial charge in [-0.2, -0.15) is 0 Å². The highest BCUT2D eigenvalue weighted by Crippen LogP contribution is 2.30. The summed E-state index contributed by atoms with van der Waals surface area (Å²) in [7, 11) is 0. The van der Waals surface area contributed by atoms with Gasteiger partial charge in [-0.05, 0) is 30.4 Å². The Bertz CT molecular complexity index is 1160. The number of aromatic nitrogens is 2. The molecule has 3 aromatic heterocycles. The Labute approximate surface area is 170 Å². The highest BCUT2D eigenvalue weighted by Gasteiger charge is 2.14. The number of nitrogens with one attached hydrogen (secondary N) is 1. The van der Waals surface area contributed by atoms with Crippen molar-refractivity contribution in [2.24, 2.45) is 0 Å². The molecule has 0 spiro atoms. The largest absolute Gasteiger partial charge is 0.354 e. The normalized spacial score (nSPS) is 11.0. The van der Waals surface area contributed by atoms with Gasteiger partial charge in [-0.3, -0.25) is 14.2 Å². The summed E-state index contributed by atoms with van der Waals surface area (Å²) < 4.78 is 1.38. The molecular weight excluding hydrogens is 390 g/mol. The van der Waals surface area contributed by atoms with Crippen LogP contribution in [-0.2, 0) is 17.8 Å². The number of hydrogen-bond acceptors (Lipinski definition) is 5. The summed E-state index contributed by atoms with van der Waals surface area (Å²) in [5.41, 5.74) is 2.83. The van der Waals surface area contributed by atoms with E-state index < -0.39 is 0 Å². The van der Waals surface area contributed by atoms with Crippen LogP contribution in [0.25, 0.3) is 21.3 Å². The molecule has 4 rings (SSSR count). The van der Waals surface area contributed by atoms with E-state index in [1.54, 1.807) is 11.3 Å². The zero-order valence-corrected chi connectivity index (χ0v) is 17.0. The Morgan fingerprint density at radius 1 is 1.18 bits per heavy atom. The van der Waals surface area contributed by atoms with Crippen LogP contribution in [0, 0.1) is 6.92 Å². The first-order chi connectivity index (χ1) is 13.6. The molecule has 0 radical (unpaired) electrons. The molecule has 0 aliphatic rings. The maximum atomic E-state index is 13.0. The van der Waals surface area contributed by atoms with Crippen molar-refractivity contribution in [3.8, 4) is 11.1 Å². The summed E-state index contributed by atoms with van der Waals surface area (Å²) in [5.74, 6) is -0.188. The molecule has 7 heteroatoms. The van der Waals surface area contributed by atoms with Gasteiger partial charge in [0, 0.05) is 22.4 Å². The number of fused-ring (bicyclic) bond motifs is 1. The average Bonchev–Trinajstić information content (AvgIpc) is 3.35. The van der Waals surface area contributed by atoms with E-state index in [0.717, 1.165) is 23.1 Å². The second-order valence-electron chi connectivity index (χ2n) is 6.55. The second-order valence-corrected chi connectivity index (χ2v) is 8.44. The Hall–Kier alpha value is -2.77. The second kappa shape index (κ2) is 8.08. The highest BCUT2D eigenvalue weighted by atomic mass is 32.1. The molecule has 1 amide bonds. The van der Waals surface area contributed by atoms with Gasteiger partial charge in [0.25, 0.3) is 5.56 Å². The van der Waals surface area contributed by atoms with E-state index >= 15 is 0 Å². The molecule has 0 unspecified atom stereocenters. The molecule has 28 heavy (non-hydrogen) atoms. The summed E-state index contributed by atoms with van der Waals surface area (Å²) in [5, 5.41) is 7.42. The lowest BCUT2D eigenvalue weighted by Gasteiger charge is -2.07. The van der Waals surface area contributed by atoms with Crippen LogP contribution in [0.1, 0.15) is 10.4 Å². The van der Waals surface area contributed by atoms with Gasteiger partial charge in [-0.25, -0.2) is 4.98 Å². The number of aryl methyl sites for hydroxylation is 1. The summed E-state index contributed by atoms with van der Waals surface area (Å²) in [4.78, 5) is 31.6. The number of carbonyl (C=O) groups is 1. The molecule has 0 atom stereocenters. The SMILES string of the molecule is Cc1ccc(-c2csc3ncn(CC(=O)NCCc4cccs4)c(=O)c23)cc1. The van der Waals surface area contributed by atoms with Crippen molar-refractivity contribution in [3.05, 3.63) is 74.3 Å². The number of hydrogen-bond donors (Lipinski definition) is 1. The van der Waals surface area contributed by atoms with E-state index in [0.29, 0.717) is 16.8 Å². The first kappa shape index (κ1) is 18.6. The van der Waals surface area contributed by atoms with Gasteiger partial charge in [0.15, 0.2) is 0 Å². The first-order valence-electron chi connectivity index (χ1n) is 8.94. The molecule has 1 aromatic carbocycles. The van der Waals surface area contributed by atoms with E-state index in [2.05, 4.69) is 10.3 Å². The lowest BCUT2D eigenvalue weighted by atomic mass is 10.1. The molecule has 0 aliphatic carbocycles. The van der Waals surface area contributed by atoms with E-state index in [1.165, 1.54) is 27.1 Å². The van der Waals surface area contributed by atoms with Gasteiger partial charge in [0.05, 0.1) is 11.7 Å². The minimum Gasteiger partial charge on any atom is -0.354 e. The van der Waals surface area contributed by atoms with Crippen molar-refractivity contribution in [2.75, 3.05) is 6.54 Å². The summed E-state index contributed by atoms with van der Waals surface area (Å²) in [6.07, 6.45) is 2.25. The van der Waals surface area contributed by atoms with Crippen LogP contribution < -0.4 is 10.9 Å². The van der Waals surface area contributed by atoms with Crippen LogP contribution in [-0.4, -0.2) is 22.0 Å². The van der Waals surface area contributed by atoms with Crippen molar-refractivity contribution < 1.29 is 4.79 Å². The highest BCUT2D eigenvalue weighted by molar-refractivity contribution is 7.17. The number of nitrogens with zero attached hydrogens (tertiary/aromatic N) is 2. The number of rotatable bonds is 6. The van der Waals surface area contributed by atoms with E-state index in [1.807, 2.05) is 54.1 Å². The lowest BCUT2D eigenvalue weighted by Crippen LogP contribution is -2.33. The maximum Gasteiger partial charge on any atom is 0.263 e. The van der Waals surface area contributed by atoms with Gasteiger partial charge in [0.2, 0.25) is 5.91 Å². The molecular formula is C21H19N3O2S2. The third kappa shape index (κ3) is 3.90. The molecule has 0 saturated heterocycles. The van der Waals surface area contributed by atoms with Crippen molar-refractivity contribution in [3.63, 3.8) is 0 Å². The minimum atomic E-state index is -0.188. The number of benzene rings is 1. The molecule has 0 aliphatic heterocycles. The third-order valence-electron chi connectivity index (χ3n) is 4.51. The predicted molar refractivity (Wildman–Crippen MR) is 115 cm³/mol. The van der Waals surface area contributed by atoms with Gasteiger partial charge >= 0.3 is 0 Å². The molecule has 4 aromatic rings. The zero-order chi connectivity index (χ0) is 19.5. The number of amides is 1. The topological polar surface area (TPSA) is 64.0 Å². The van der Waals surface area contributed by atoms with Crippen LogP contribution in [0.3, 0.4) is 0 Å². The zero-order valence-electron chi connectivity index (χ0n) is 15.3. The molecule has 142 valence electrons. The predicted octanol–water partition coefficient (Wildman–Crippen LogP) is 3.85. The van der Waals surface area contributed by atoms with Crippen molar-refractivity contribution >= 4 is 38.8 Å². The smallest absolute Gasteiger partial charge is 0.263 e. The number of carbonyl (C=O) groups excluding carboxylic acids is 1. The fourth-order valence-corrected chi connectivity index (χ4v) is 4.63. The average molecular weight is 410 g/mol. The molecule has 3 heterocycles. The fourth-order valence-electron chi connectivity index (χ4n) is 3.02. The molecule has 0 saturated carbocycles. The lowest BCUT2D eigenvalue weighted by molar-refractivity contribution is -0.121. The quantitative estimate of drug-likeness (QED) is 0.526. The third-order valence-corrected chi connectivity index (χ3v) is 6.33. The van der Waals surface area contributed by atoms with Gasteiger partial charge in [0.1, 0.15) is 11.4 Å². The van der Waals surface area contributed by atoms with Crippen molar-refractivity contribution in [2.45, 2.75) is 19.9 Å². The van der Waals surface area contributed by atoms with E-state index in [-0.39, 0.29) is 18.0 Å². The first-order valence-corrected chi connectivity index (χ1v) is 10.7. The number of thiophene rings is 2. The molecule has 1 N–H and O–H groups in total. The Morgan fingerprint density at radius 3 is 2.75 bits per heavy atom. The van der Waals surface area contributed by atoms with Crippen molar-refractivity contribution in [1.29, 1.82) is 0 Å². The molecule has 0 bridgehead atoms. The Morgan fingerprint density at radius 2 is 2.00 bits per heavy atom. The maximum absolute atomic E-state index is 13.0. The van der Waals surface area contributed by atoms with E-state index in [4.69, 9.17) is 0 Å². The van der Waals surface area contributed by atoms with Gasteiger partial charge < -0.3 is 5.32 Å². The van der Waals surface area contributed by atoms with E-state index in [9.17, 15) is 9.59 Å². The van der Waals surface area contributed by atoms with Crippen molar-refractivity contribution in [1.82, 2.24) is 14.9 Å². The summed E-state index contributed by atoms with van der Waals surface area (Å²) >= 11 is 3.11. The Kier molecular flexibility index (Phi) is 5.36. The van der Waals surface area contributed by atoms with Crippen LogP contribution in [0.15, 0.2) is 58.3 Å². The van der Waals surface area contributed by atoms with Crippen LogP contribution >= 0.6 is 22.7 Å². The van der Waals surface area contributed by atoms with Gasteiger partial charge in [-0.15, -0.1) is 22.7 Å². The minimum absolute atomic E-state index is 0.0323. The van der Waals surface area contributed by atoms with Gasteiger partial charge in [-0.1, -0.05) is 35.9 Å². The summed E-state index contributed by atoms with van der Waals surface area (Å²) in [6, 6.07) is 12.1. The monoisotopic (exact) mass is 409 g/mol. The molecule has 5 nitrogen and oxygen atoms in total. The Balaban J connectivity index is 1.54. The standard InChI is InChI=1S/C21H19N3O2S2/c1-14-4-6-15(7-5-14)17-12-28-20-19(17)21(26)24(13-23-20)11-18(25)22-9-8-16-3-2-10-27-16/h2-7,10,12-13H,8-9,11H2,1H3,(H,22,25). The summed E-state index contributed by atoms with van der Waals surface area (Å²) in [6.45, 7) is 2.55. The molecule has 0 fully saturated rings. The van der Waals surface area contributed by atoms with Crippen LogP contribution in [0.4, 0.5) is 0 Å².